The van der Waals surface area contributed by atoms with Crippen molar-refractivity contribution in [2.24, 2.45) is 0 Å². The maximum absolute atomic E-state index is 12.4. The first kappa shape index (κ1) is 16.5. The van der Waals surface area contributed by atoms with Gasteiger partial charge >= 0.3 is 0 Å². The second-order valence-corrected chi connectivity index (χ2v) is 5.67. The largest absolute Gasteiger partial charge is 0.294 e. The zero-order chi connectivity index (χ0) is 17.5. The lowest BCUT2D eigenvalue weighted by atomic mass is 10.0. The molecule has 25 heavy (non-hydrogen) atoms. The third-order valence-electron chi connectivity index (χ3n) is 3.87. The molecule has 0 N–H and O–H groups in total. The number of anilines is 1. The van der Waals surface area contributed by atoms with Crippen LogP contribution in [0.15, 0.2) is 91.0 Å². The summed E-state index contributed by atoms with van der Waals surface area (Å²) in [7, 11) is 0. The number of benzene rings is 3. The molecule has 2 heteroatoms. The lowest BCUT2D eigenvalue weighted by Crippen LogP contribution is -2.32. The summed E-state index contributed by atoms with van der Waals surface area (Å²) >= 11 is 0. The smallest absolute Gasteiger partial charge is 0.225 e. The molecule has 1 amide bonds. The highest BCUT2D eigenvalue weighted by atomic mass is 16.2. The zero-order valence-electron chi connectivity index (χ0n) is 14.1. The first-order valence-electron chi connectivity index (χ1n) is 8.22. The van der Waals surface area contributed by atoms with Gasteiger partial charge in [0.2, 0.25) is 5.91 Å². The fraction of sp³-hybridized carbons (Fsp3) is 0.0870. The maximum Gasteiger partial charge on any atom is 0.225 e. The van der Waals surface area contributed by atoms with Gasteiger partial charge in [-0.25, -0.2) is 0 Å². The van der Waals surface area contributed by atoms with Crippen molar-refractivity contribution < 1.29 is 4.79 Å². The topological polar surface area (TPSA) is 20.3 Å². The second-order valence-electron chi connectivity index (χ2n) is 5.67. The lowest BCUT2D eigenvalue weighted by Gasteiger charge is -2.28. The molecule has 1 atom stereocenters. The number of carbonyl (C=O) groups excluding carboxylic acids is 1. The summed E-state index contributed by atoms with van der Waals surface area (Å²) in [6, 6.07) is 29.0. The predicted molar refractivity (Wildman–Crippen MR) is 102 cm³/mol. The van der Waals surface area contributed by atoms with Crippen LogP contribution in [0.3, 0.4) is 0 Å². The number of hydrogen-bond acceptors (Lipinski definition) is 1. The normalized spacial score (nSPS) is 11.1. The van der Waals surface area contributed by atoms with Crippen molar-refractivity contribution in [3.05, 3.63) is 102 Å². The van der Waals surface area contributed by atoms with E-state index < -0.39 is 0 Å². The molecule has 3 rings (SSSR count). The summed E-state index contributed by atoms with van der Waals surface area (Å²) in [5.41, 5.74) is 2.76. The molecule has 0 heterocycles. The Morgan fingerprint density at radius 1 is 0.800 bits per heavy atom. The molecule has 3 aromatic rings. The van der Waals surface area contributed by atoms with E-state index in [2.05, 4.69) is 11.8 Å². The zero-order valence-corrected chi connectivity index (χ0v) is 14.1. The van der Waals surface area contributed by atoms with Crippen molar-refractivity contribution in [2.45, 2.75) is 13.0 Å². The van der Waals surface area contributed by atoms with Crippen LogP contribution in [0.5, 0.6) is 0 Å². The molecule has 0 saturated heterocycles. The van der Waals surface area contributed by atoms with Crippen molar-refractivity contribution >= 4 is 11.6 Å². The lowest BCUT2D eigenvalue weighted by molar-refractivity contribution is -0.116. The Balaban J connectivity index is 2.07. The summed E-state index contributed by atoms with van der Waals surface area (Å²) < 4.78 is 0. The van der Waals surface area contributed by atoms with Crippen LogP contribution in [-0.4, -0.2) is 5.91 Å². The van der Waals surface area contributed by atoms with Gasteiger partial charge in [-0.2, -0.15) is 0 Å². The molecule has 0 bridgehead atoms. The Morgan fingerprint density at radius 3 is 1.88 bits per heavy atom. The molecule has 0 aliphatic rings. The first-order chi connectivity index (χ1) is 12.3. The highest BCUT2D eigenvalue weighted by Gasteiger charge is 2.22. The van der Waals surface area contributed by atoms with Gasteiger partial charge in [0.1, 0.15) is 6.04 Å². The van der Waals surface area contributed by atoms with E-state index in [-0.39, 0.29) is 11.9 Å². The standard InChI is InChI=1S/C23H19NO/c1-19(25)24(22-15-9-4-10-16-22)23(21-13-7-3-8-14-21)18-17-20-11-5-2-6-12-20/h2-16,23H,1H3/t23-/m0/s1. The van der Waals surface area contributed by atoms with Crippen LogP contribution in [0.4, 0.5) is 5.69 Å². The minimum atomic E-state index is -0.346. The van der Waals surface area contributed by atoms with Crippen LogP contribution in [0.1, 0.15) is 24.1 Å². The molecule has 3 aromatic carbocycles. The molecule has 122 valence electrons. The molecule has 0 saturated carbocycles. The van der Waals surface area contributed by atoms with Crippen molar-refractivity contribution in [2.75, 3.05) is 4.90 Å². The summed E-state index contributed by atoms with van der Waals surface area (Å²) in [6.07, 6.45) is 0. The molecule has 0 aromatic heterocycles. The number of rotatable bonds is 3. The second kappa shape index (κ2) is 7.99. The molecule has 2 nitrogen and oxygen atoms in total. The van der Waals surface area contributed by atoms with E-state index in [1.165, 1.54) is 0 Å². The van der Waals surface area contributed by atoms with E-state index in [1.54, 1.807) is 11.8 Å². The highest BCUT2D eigenvalue weighted by Crippen LogP contribution is 2.27. The van der Waals surface area contributed by atoms with Gasteiger partial charge in [0.15, 0.2) is 0 Å². The van der Waals surface area contributed by atoms with E-state index in [0.29, 0.717) is 0 Å². The number of para-hydroxylation sites is 1. The predicted octanol–water partition coefficient (Wildman–Crippen LogP) is 4.83. The minimum Gasteiger partial charge on any atom is -0.294 e. The van der Waals surface area contributed by atoms with Crippen molar-refractivity contribution in [1.82, 2.24) is 0 Å². The van der Waals surface area contributed by atoms with Gasteiger partial charge in [0.05, 0.1) is 0 Å². The molecular formula is C23H19NO. The molecule has 0 fully saturated rings. The van der Waals surface area contributed by atoms with Crippen molar-refractivity contribution in [3.63, 3.8) is 0 Å². The van der Waals surface area contributed by atoms with Gasteiger partial charge in [-0.05, 0) is 29.8 Å². The highest BCUT2D eigenvalue weighted by molar-refractivity contribution is 5.93. The van der Waals surface area contributed by atoms with Gasteiger partial charge in [0.25, 0.3) is 0 Å². The summed E-state index contributed by atoms with van der Waals surface area (Å²) in [5.74, 6) is 6.45. The maximum atomic E-state index is 12.4. The fourth-order valence-corrected chi connectivity index (χ4v) is 2.71. The van der Waals surface area contributed by atoms with Crippen LogP contribution in [0.2, 0.25) is 0 Å². The third-order valence-corrected chi connectivity index (χ3v) is 3.87. The van der Waals surface area contributed by atoms with Gasteiger partial charge in [0, 0.05) is 18.2 Å². The summed E-state index contributed by atoms with van der Waals surface area (Å²) in [5, 5.41) is 0. The third kappa shape index (κ3) is 4.16. The van der Waals surface area contributed by atoms with Gasteiger partial charge in [-0.1, -0.05) is 78.6 Å². The fourth-order valence-electron chi connectivity index (χ4n) is 2.71. The van der Waals surface area contributed by atoms with Crippen LogP contribution < -0.4 is 4.90 Å². The summed E-state index contributed by atoms with van der Waals surface area (Å²) in [6.45, 7) is 1.58. The monoisotopic (exact) mass is 325 g/mol. The van der Waals surface area contributed by atoms with Crippen LogP contribution in [0, 0.1) is 11.8 Å². The van der Waals surface area contributed by atoms with E-state index in [9.17, 15) is 4.79 Å². The first-order valence-corrected chi connectivity index (χ1v) is 8.22. The molecule has 0 radical (unpaired) electrons. The van der Waals surface area contributed by atoms with Crippen LogP contribution in [0.25, 0.3) is 0 Å². The SMILES string of the molecule is CC(=O)N(c1ccccc1)[C@@H](C#Cc1ccccc1)c1ccccc1. The summed E-state index contributed by atoms with van der Waals surface area (Å²) in [4.78, 5) is 14.2. The number of hydrogen-bond donors (Lipinski definition) is 0. The molecule has 0 unspecified atom stereocenters. The van der Waals surface area contributed by atoms with E-state index in [0.717, 1.165) is 16.8 Å². The Morgan fingerprint density at radius 2 is 1.32 bits per heavy atom. The molecule has 0 aliphatic heterocycles. The minimum absolute atomic E-state index is 0.0394. The van der Waals surface area contributed by atoms with Crippen LogP contribution >= 0.6 is 0 Å². The van der Waals surface area contributed by atoms with Gasteiger partial charge < -0.3 is 0 Å². The Labute approximate surface area is 148 Å². The average Bonchev–Trinajstić information content (AvgIpc) is 2.67. The molecular weight excluding hydrogens is 306 g/mol. The van der Waals surface area contributed by atoms with E-state index in [4.69, 9.17) is 0 Å². The van der Waals surface area contributed by atoms with Gasteiger partial charge in [-0.3, -0.25) is 9.69 Å². The molecule has 0 aliphatic carbocycles. The quantitative estimate of drug-likeness (QED) is 0.631. The van der Waals surface area contributed by atoms with Crippen LogP contribution in [-0.2, 0) is 4.79 Å². The van der Waals surface area contributed by atoms with Gasteiger partial charge in [-0.15, -0.1) is 0 Å². The van der Waals surface area contributed by atoms with E-state index >= 15 is 0 Å². The number of nitrogens with zero attached hydrogens (tertiary/aromatic N) is 1. The Hall–Kier alpha value is -3.31. The number of carbonyl (C=O) groups is 1. The Kier molecular flexibility index (Phi) is 5.29. The average molecular weight is 325 g/mol. The van der Waals surface area contributed by atoms with Crippen molar-refractivity contribution in [1.29, 1.82) is 0 Å². The Bertz CT molecular complexity index is 877. The van der Waals surface area contributed by atoms with E-state index in [1.807, 2.05) is 91.0 Å². The molecule has 0 spiro atoms. The van der Waals surface area contributed by atoms with Crippen molar-refractivity contribution in [3.8, 4) is 11.8 Å². The number of amides is 1.